The van der Waals surface area contributed by atoms with Crippen molar-refractivity contribution in [1.29, 1.82) is 0 Å². The first-order valence-electron chi connectivity index (χ1n) is 6.83. The van der Waals surface area contributed by atoms with Gasteiger partial charge in [0.1, 0.15) is 4.88 Å². The van der Waals surface area contributed by atoms with Crippen molar-refractivity contribution in [1.82, 2.24) is 14.9 Å². The lowest BCUT2D eigenvalue weighted by molar-refractivity contribution is 0.0751. The molecule has 0 radical (unpaired) electrons. The van der Waals surface area contributed by atoms with Crippen molar-refractivity contribution in [3.63, 3.8) is 0 Å². The number of methoxy groups -OCH3 is 1. The van der Waals surface area contributed by atoms with Gasteiger partial charge in [-0.25, -0.2) is 4.98 Å². The molecule has 0 aliphatic carbocycles. The van der Waals surface area contributed by atoms with Crippen LogP contribution in [0.4, 0.5) is 5.95 Å². The molecule has 124 valence electrons. The zero-order valence-corrected chi connectivity index (χ0v) is 14.8. The van der Waals surface area contributed by atoms with Crippen molar-refractivity contribution in [2.75, 3.05) is 38.2 Å². The smallest absolute Gasteiger partial charge is 0.265 e. The Morgan fingerprint density at radius 3 is 2.65 bits per heavy atom. The predicted octanol–water partition coefficient (Wildman–Crippen LogP) is 2.58. The number of ether oxygens (including phenoxy) is 1. The van der Waals surface area contributed by atoms with E-state index in [1.54, 1.807) is 25.4 Å². The number of piperazine rings is 1. The minimum Gasteiger partial charge on any atom is -0.481 e. The summed E-state index contributed by atoms with van der Waals surface area (Å²) in [4.78, 5) is 25.4. The van der Waals surface area contributed by atoms with Crippen molar-refractivity contribution in [2.24, 2.45) is 0 Å². The molecule has 1 saturated heterocycles. The lowest BCUT2D eigenvalue weighted by Crippen LogP contribution is -2.49. The molecule has 0 atom stereocenters. The number of carbonyl (C=O) groups excluding carboxylic acids is 1. The number of anilines is 1. The zero-order valence-electron chi connectivity index (χ0n) is 12.4. The Labute approximate surface area is 149 Å². The SMILES string of the molecule is COc1ccnc(N2CCN(C(=O)c3sccc3Cl)CC2)n1.Cl. The van der Waals surface area contributed by atoms with Crippen LogP contribution >= 0.6 is 35.3 Å². The van der Waals surface area contributed by atoms with Crippen LogP contribution in [0.3, 0.4) is 0 Å². The lowest BCUT2D eigenvalue weighted by atomic mass is 10.3. The summed E-state index contributed by atoms with van der Waals surface area (Å²) >= 11 is 7.41. The Morgan fingerprint density at radius 1 is 1.30 bits per heavy atom. The van der Waals surface area contributed by atoms with Crippen molar-refractivity contribution >= 4 is 47.2 Å². The quantitative estimate of drug-likeness (QED) is 0.826. The number of halogens is 2. The molecule has 0 unspecified atom stereocenters. The number of amides is 1. The summed E-state index contributed by atoms with van der Waals surface area (Å²) in [6.45, 7) is 2.60. The minimum absolute atomic E-state index is 0. The van der Waals surface area contributed by atoms with Crippen LogP contribution in [0.5, 0.6) is 5.88 Å². The third-order valence-electron chi connectivity index (χ3n) is 3.49. The summed E-state index contributed by atoms with van der Waals surface area (Å²) < 4.78 is 5.11. The van der Waals surface area contributed by atoms with E-state index in [4.69, 9.17) is 16.3 Å². The predicted molar refractivity (Wildman–Crippen MR) is 93.3 cm³/mol. The Bertz CT molecular complexity index is 674. The van der Waals surface area contributed by atoms with E-state index in [0.717, 1.165) is 0 Å². The van der Waals surface area contributed by atoms with Gasteiger partial charge in [0, 0.05) is 38.4 Å². The first-order valence-corrected chi connectivity index (χ1v) is 8.09. The highest BCUT2D eigenvalue weighted by Gasteiger charge is 2.25. The maximum atomic E-state index is 12.4. The van der Waals surface area contributed by atoms with Crippen LogP contribution in [0.2, 0.25) is 5.02 Å². The second kappa shape index (κ2) is 7.81. The highest BCUT2D eigenvalue weighted by molar-refractivity contribution is 7.12. The third-order valence-corrected chi connectivity index (χ3v) is 4.82. The summed E-state index contributed by atoms with van der Waals surface area (Å²) in [6, 6.07) is 3.46. The molecule has 0 bridgehead atoms. The third kappa shape index (κ3) is 3.85. The summed E-state index contributed by atoms with van der Waals surface area (Å²) in [6.07, 6.45) is 1.67. The van der Waals surface area contributed by atoms with Gasteiger partial charge in [0.15, 0.2) is 0 Å². The summed E-state index contributed by atoms with van der Waals surface area (Å²) in [5.41, 5.74) is 0. The molecule has 23 heavy (non-hydrogen) atoms. The van der Waals surface area contributed by atoms with Crippen LogP contribution in [0.1, 0.15) is 9.67 Å². The average molecular weight is 375 g/mol. The van der Waals surface area contributed by atoms with Crippen molar-refractivity contribution in [3.8, 4) is 5.88 Å². The van der Waals surface area contributed by atoms with E-state index >= 15 is 0 Å². The highest BCUT2D eigenvalue weighted by atomic mass is 35.5. The fourth-order valence-electron chi connectivity index (χ4n) is 2.30. The van der Waals surface area contributed by atoms with Gasteiger partial charge in [0.2, 0.25) is 11.8 Å². The Hall–Kier alpha value is -1.57. The Morgan fingerprint density at radius 2 is 2.04 bits per heavy atom. The van der Waals surface area contributed by atoms with Gasteiger partial charge >= 0.3 is 0 Å². The molecule has 0 aromatic carbocycles. The number of carbonyl (C=O) groups is 1. The lowest BCUT2D eigenvalue weighted by Gasteiger charge is -2.34. The van der Waals surface area contributed by atoms with Gasteiger partial charge in [0.05, 0.1) is 12.1 Å². The summed E-state index contributed by atoms with van der Waals surface area (Å²) in [7, 11) is 1.58. The summed E-state index contributed by atoms with van der Waals surface area (Å²) in [5.74, 6) is 1.15. The monoisotopic (exact) mass is 374 g/mol. The number of thiophene rings is 1. The molecular weight excluding hydrogens is 359 g/mol. The fourth-order valence-corrected chi connectivity index (χ4v) is 3.40. The number of nitrogens with zero attached hydrogens (tertiary/aromatic N) is 4. The van der Waals surface area contributed by atoms with Crippen molar-refractivity contribution in [2.45, 2.75) is 0 Å². The zero-order chi connectivity index (χ0) is 15.5. The van der Waals surface area contributed by atoms with Crippen LogP contribution in [-0.4, -0.2) is 54.1 Å². The molecule has 0 N–H and O–H groups in total. The maximum absolute atomic E-state index is 12.4. The van der Waals surface area contributed by atoms with Crippen molar-refractivity contribution < 1.29 is 9.53 Å². The van der Waals surface area contributed by atoms with Gasteiger partial charge in [-0.2, -0.15) is 4.98 Å². The minimum atomic E-state index is -0.00814. The molecule has 1 amide bonds. The van der Waals surface area contributed by atoms with Crippen LogP contribution in [-0.2, 0) is 0 Å². The maximum Gasteiger partial charge on any atom is 0.265 e. The van der Waals surface area contributed by atoms with Crippen LogP contribution in [0.25, 0.3) is 0 Å². The van der Waals surface area contributed by atoms with E-state index in [1.165, 1.54) is 11.3 Å². The van der Waals surface area contributed by atoms with Gasteiger partial charge in [-0.15, -0.1) is 23.7 Å². The molecule has 0 saturated carbocycles. The van der Waals surface area contributed by atoms with E-state index < -0.39 is 0 Å². The average Bonchev–Trinajstić information content (AvgIpc) is 3.00. The molecule has 3 heterocycles. The van der Waals surface area contributed by atoms with E-state index in [9.17, 15) is 4.79 Å². The molecule has 1 aliphatic heterocycles. The molecule has 2 aromatic heterocycles. The number of aromatic nitrogens is 2. The van der Waals surface area contributed by atoms with E-state index in [0.29, 0.717) is 47.9 Å². The fraction of sp³-hybridized carbons (Fsp3) is 0.357. The van der Waals surface area contributed by atoms with Crippen molar-refractivity contribution in [3.05, 3.63) is 33.6 Å². The van der Waals surface area contributed by atoms with Gasteiger partial charge in [-0.3, -0.25) is 4.79 Å². The standard InChI is InChI=1S/C14H15ClN4O2S.ClH/c1-21-11-2-4-16-14(17-11)19-7-5-18(6-8-19)13(20)12-10(15)3-9-22-12;/h2-4,9H,5-8H2,1H3;1H. The summed E-state index contributed by atoms with van der Waals surface area (Å²) in [5, 5.41) is 2.35. The first kappa shape index (κ1) is 17.8. The molecule has 0 spiro atoms. The first-order chi connectivity index (χ1) is 10.7. The Balaban J connectivity index is 0.00000192. The van der Waals surface area contributed by atoms with Crippen LogP contribution in [0, 0.1) is 0 Å². The Kier molecular flexibility index (Phi) is 6.04. The second-order valence-electron chi connectivity index (χ2n) is 4.78. The van der Waals surface area contributed by atoms with Crippen LogP contribution in [0.15, 0.2) is 23.7 Å². The van der Waals surface area contributed by atoms with E-state index in [1.807, 2.05) is 15.2 Å². The molecular formula is C14H16Cl2N4O2S. The van der Waals surface area contributed by atoms with Gasteiger partial charge in [0.25, 0.3) is 5.91 Å². The normalized spacial score (nSPS) is 14.3. The largest absolute Gasteiger partial charge is 0.481 e. The van der Waals surface area contributed by atoms with Gasteiger partial charge in [-0.1, -0.05) is 11.6 Å². The van der Waals surface area contributed by atoms with Gasteiger partial charge in [-0.05, 0) is 11.4 Å². The molecule has 3 rings (SSSR count). The molecule has 2 aromatic rings. The topological polar surface area (TPSA) is 58.6 Å². The molecule has 9 heteroatoms. The number of rotatable bonds is 3. The van der Waals surface area contributed by atoms with Gasteiger partial charge < -0.3 is 14.5 Å². The number of hydrogen-bond acceptors (Lipinski definition) is 6. The highest BCUT2D eigenvalue weighted by Crippen LogP contribution is 2.24. The number of hydrogen-bond donors (Lipinski definition) is 0. The van der Waals surface area contributed by atoms with Crippen LogP contribution < -0.4 is 9.64 Å². The second-order valence-corrected chi connectivity index (χ2v) is 6.10. The molecule has 1 fully saturated rings. The van der Waals surface area contributed by atoms with E-state index in [-0.39, 0.29) is 18.3 Å². The van der Waals surface area contributed by atoms with E-state index in [2.05, 4.69) is 9.97 Å². The molecule has 6 nitrogen and oxygen atoms in total. The molecule has 1 aliphatic rings.